The first-order valence-corrected chi connectivity index (χ1v) is 12.9. The molecule has 5 rings (SSSR count). The number of carbonyl (C=O) groups is 1. The Balaban J connectivity index is 1.39. The highest BCUT2D eigenvalue weighted by molar-refractivity contribution is 7.99. The average Bonchev–Trinajstić information content (AvgIpc) is 3.19. The first-order valence-electron chi connectivity index (χ1n) is 11.1. The summed E-state index contributed by atoms with van der Waals surface area (Å²) in [6.07, 6.45) is 7.85. The van der Waals surface area contributed by atoms with Crippen LogP contribution in [0.4, 0.5) is 0 Å². The first kappa shape index (κ1) is 19.6. The molecule has 4 atom stereocenters. The number of thioether (sulfide) groups is 1. The molecule has 2 bridgehead atoms. The minimum Gasteiger partial charge on any atom is -0.339 e. The predicted molar refractivity (Wildman–Crippen MR) is 118 cm³/mol. The van der Waals surface area contributed by atoms with Crippen LogP contribution in [0.1, 0.15) is 58.4 Å². The quantitative estimate of drug-likeness (QED) is 0.546. The molecule has 156 valence electrons. The van der Waals surface area contributed by atoms with Crippen LogP contribution in [0.3, 0.4) is 0 Å². The largest absolute Gasteiger partial charge is 0.339 e. The van der Waals surface area contributed by atoms with Gasteiger partial charge in [-0.2, -0.15) is 0 Å². The molecule has 29 heavy (non-hydrogen) atoms. The van der Waals surface area contributed by atoms with Crippen molar-refractivity contribution < 1.29 is 4.79 Å². The number of hydrogen-bond acceptors (Lipinski definition) is 5. The lowest BCUT2D eigenvalue weighted by Crippen LogP contribution is -2.34. The van der Waals surface area contributed by atoms with E-state index in [2.05, 4.69) is 46.1 Å². The third-order valence-electron chi connectivity index (χ3n) is 7.20. The van der Waals surface area contributed by atoms with Crippen molar-refractivity contribution in [2.45, 2.75) is 69.6 Å². The monoisotopic (exact) mass is 430 g/mol. The number of rotatable bonds is 8. The van der Waals surface area contributed by atoms with Gasteiger partial charge in [-0.25, -0.2) is 0 Å². The number of nitrogens with zero attached hydrogens (tertiary/aromatic N) is 4. The third kappa shape index (κ3) is 3.76. The van der Waals surface area contributed by atoms with Crippen LogP contribution >= 0.6 is 23.1 Å². The van der Waals surface area contributed by atoms with Gasteiger partial charge in [0.1, 0.15) is 0 Å². The van der Waals surface area contributed by atoms with Crippen molar-refractivity contribution >= 4 is 29.0 Å². The number of amides is 1. The Morgan fingerprint density at radius 2 is 2.17 bits per heavy atom. The van der Waals surface area contributed by atoms with Crippen molar-refractivity contribution in [3.63, 3.8) is 0 Å². The molecule has 7 heteroatoms. The highest BCUT2D eigenvalue weighted by Gasteiger charge is 2.43. The molecule has 1 amide bonds. The lowest BCUT2D eigenvalue weighted by atomic mass is 9.84. The molecule has 3 fully saturated rings. The van der Waals surface area contributed by atoms with Crippen molar-refractivity contribution in [2.24, 2.45) is 17.8 Å². The summed E-state index contributed by atoms with van der Waals surface area (Å²) in [5.41, 5.74) is 0. The minimum absolute atomic E-state index is 0.236. The minimum atomic E-state index is 0.236. The Kier molecular flexibility index (Phi) is 5.45. The van der Waals surface area contributed by atoms with Gasteiger partial charge in [-0.1, -0.05) is 24.2 Å². The summed E-state index contributed by atoms with van der Waals surface area (Å²) in [5.74, 6) is 4.13. The van der Waals surface area contributed by atoms with Crippen LogP contribution < -0.4 is 0 Å². The summed E-state index contributed by atoms with van der Waals surface area (Å²) in [7, 11) is 0. The van der Waals surface area contributed by atoms with Crippen molar-refractivity contribution in [3.8, 4) is 10.7 Å². The molecule has 3 aliphatic rings. The predicted octanol–water partition coefficient (Wildman–Crippen LogP) is 5.11. The molecule has 3 aliphatic carbocycles. The van der Waals surface area contributed by atoms with Gasteiger partial charge in [0.15, 0.2) is 11.0 Å². The molecule has 0 spiro atoms. The summed E-state index contributed by atoms with van der Waals surface area (Å²) in [4.78, 5) is 16.0. The molecule has 0 radical (unpaired) electrons. The molecule has 4 unspecified atom stereocenters. The maximum atomic E-state index is 12.8. The Morgan fingerprint density at radius 1 is 1.31 bits per heavy atom. The summed E-state index contributed by atoms with van der Waals surface area (Å²) < 4.78 is 2.35. The number of hydrogen-bond donors (Lipinski definition) is 0. The fraction of sp³-hybridized carbons (Fsp3) is 0.682. The highest BCUT2D eigenvalue weighted by Crippen LogP contribution is 2.53. The van der Waals surface area contributed by atoms with Crippen LogP contribution in [0, 0.1) is 17.8 Å². The zero-order valence-electron chi connectivity index (χ0n) is 17.3. The van der Waals surface area contributed by atoms with E-state index in [9.17, 15) is 4.79 Å². The van der Waals surface area contributed by atoms with Crippen molar-refractivity contribution in [2.75, 3.05) is 12.3 Å². The van der Waals surface area contributed by atoms with Gasteiger partial charge >= 0.3 is 0 Å². The normalized spacial score (nSPS) is 26.8. The molecule has 2 aromatic heterocycles. The Hall–Kier alpha value is -1.34. The Bertz CT molecular complexity index is 860. The second-order valence-electron chi connectivity index (χ2n) is 8.93. The maximum absolute atomic E-state index is 12.8. The van der Waals surface area contributed by atoms with Crippen molar-refractivity contribution in [1.82, 2.24) is 19.7 Å². The standard InChI is InChI=1S/C22H30N4OS2/c1-3-25(17-8-9-17)20(27)13-29-22-24-23-21(19-5-4-10-28-19)26(22)14(2)18-12-15-6-7-16(18)11-15/h4-5,10,14-18H,3,6-9,11-13H2,1-2H3. The average molecular weight is 431 g/mol. The van der Waals surface area contributed by atoms with E-state index in [1.54, 1.807) is 23.1 Å². The van der Waals surface area contributed by atoms with Gasteiger partial charge in [0, 0.05) is 18.6 Å². The van der Waals surface area contributed by atoms with Crippen LogP contribution in [-0.4, -0.2) is 43.9 Å². The smallest absolute Gasteiger partial charge is 0.233 e. The summed E-state index contributed by atoms with van der Waals surface area (Å²) in [5, 5.41) is 12.1. The van der Waals surface area contributed by atoms with Gasteiger partial charge in [0.2, 0.25) is 5.91 Å². The molecule has 5 nitrogen and oxygen atoms in total. The lowest BCUT2D eigenvalue weighted by molar-refractivity contribution is -0.128. The van der Waals surface area contributed by atoms with E-state index in [-0.39, 0.29) is 5.91 Å². The van der Waals surface area contributed by atoms with E-state index in [1.807, 2.05) is 4.90 Å². The second-order valence-corrected chi connectivity index (χ2v) is 10.8. The number of fused-ring (bicyclic) bond motifs is 2. The second kappa shape index (κ2) is 8.06. The molecule has 0 aromatic carbocycles. The van der Waals surface area contributed by atoms with Crippen LogP contribution in [0.5, 0.6) is 0 Å². The maximum Gasteiger partial charge on any atom is 0.233 e. The number of carbonyl (C=O) groups excluding carboxylic acids is 1. The van der Waals surface area contributed by atoms with Gasteiger partial charge in [-0.05, 0) is 75.2 Å². The van der Waals surface area contributed by atoms with Crippen LogP contribution in [0.2, 0.25) is 0 Å². The Labute approximate surface area is 181 Å². The zero-order valence-corrected chi connectivity index (χ0v) is 18.9. The summed E-state index contributed by atoms with van der Waals surface area (Å²) >= 11 is 3.29. The highest BCUT2D eigenvalue weighted by atomic mass is 32.2. The van der Waals surface area contributed by atoms with E-state index in [0.717, 1.165) is 42.2 Å². The topological polar surface area (TPSA) is 51.0 Å². The molecule has 2 aromatic rings. The molecular weight excluding hydrogens is 400 g/mol. The SMILES string of the molecule is CCN(C(=O)CSc1nnc(-c2cccs2)n1C(C)C1CC2CCC1C2)C1CC1. The number of thiophene rings is 1. The van der Waals surface area contributed by atoms with Gasteiger partial charge in [-0.3, -0.25) is 9.36 Å². The molecule has 0 N–H and O–H groups in total. The molecule has 2 heterocycles. The molecule has 0 aliphatic heterocycles. The summed E-state index contributed by atoms with van der Waals surface area (Å²) in [6, 6.07) is 5.05. The number of aromatic nitrogens is 3. The fourth-order valence-electron chi connectivity index (χ4n) is 5.63. The van der Waals surface area contributed by atoms with E-state index < -0.39 is 0 Å². The molecule has 0 saturated heterocycles. The first-order chi connectivity index (χ1) is 14.2. The zero-order chi connectivity index (χ0) is 20.0. The van der Waals surface area contributed by atoms with E-state index >= 15 is 0 Å². The van der Waals surface area contributed by atoms with Crippen LogP contribution in [-0.2, 0) is 4.79 Å². The van der Waals surface area contributed by atoms with Crippen molar-refractivity contribution in [1.29, 1.82) is 0 Å². The van der Waals surface area contributed by atoms with Gasteiger partial charge in [0.25, 0.3) is 0 Å². The van der Waals surface area contributed by atoms with Crippen LogP contribution in [0.15, 0.2) is 22.7 Å². The van der Waals surface area contributed by atoms with Crippen LogP contribution in [0.25, 0.3) is 10.7 Å². The van der Waals surface area contributed by atoms with E-state index in [4.69, 9.17) is 0 Å². The Morgan fingerprint density at radius 3 is 2.79 bits per heavy atom. The van der Waals surface area contributed by atoms with E-state index in [1.165, 1.54) is 30.6 Å². The van der Waals surface area contributed by atoms with Gasteiger partial charge in [-0.15, -0.1) is 21.5 Å². The molecule has 3 saturated carbocycles. The van der Waals surface area contributed by atoms with Gasteiger partial charge in [0.05, 0.1) is 10.6 Å². The third-order valence-corrected chi connectivity index (χ3v) is 8.99. The van der Waals surface area contributed by atoms with Gasteiger partial charge < -0.3 is 4.90 Å². The molecular formula is C22H30N4OS2. The lowest BCUT2D eigenvalue weighted by Gasteiger charge is -2.30. The van der Waals surface area contributed by atoms with Crippen molar-refractivity contribution in [3.05, 3.63) is 17.5 Å². The fourth-order valence-corrected chi connectivity index (χ4v) is 7.24. The van der Waals surface area contributed by atoms with E-state index in [0.29, 0.717) is 23.8 Å². The summed E-state index contributed by atoms with van der Waals surface area (Å²) in [6.45, 7) is 5.23.